The van der Waals surface area contributed by atoms with Crippen LogP contribution in [0.4, 0.5) is 0 Å². The van der Waals surface area contributed by atoms with E-state index in [1.165, 1.54) is 0 Å². The molecule has 0 unspecified atom stereocenters. The van der Waals surface area contributed by atoms with E-state index in [0.29, 0.717) is 24.7 Å². The highest BCUT2D eigenvalue weighted by Gasteiger charge is 2.20. The summed E-state index contributed by atoms with van der Waals surface area (Å²) in [7, 11) is 0. The number of rotatable bonds is 7. The Hall–Kier alpha value is -1.63. The fourth-order valence-electron chi connectivity index (χ4n) is 3.30. The lowest BCUT2D eigenvalue weighted by atomic mass is 10.1. The van der Waals surface area contributed by atoms with Crippen molar-refractivity contribution >= 4 is 23.4 Å². The summed E-state index contributed by atoms with van der Waals surface area (Å²) in [6.07, 6.45) is 1.72. The number of hydrogen-bond acceptors (Lipinski definition) is 4. The van der Waals surface area contributed by atoms with E-state index >= 15 is 0 Å². The van der Waals surface area contributed by atoms with Crippen LogP contribution >= 0.6 is 11.6 Å². The Bertz CT molecular complexity index is 660. The molecule has 0 aliphatic carbocycles. The summed E-state index contributed by atoms with van der Waals surface area (Å²) in [6, 6.07) is 7.70. The van der Waals surface area contributed by atoms with Crippen LogP contribution < -0.4 is 10.6 Å². The van der Waals surface area contributed by atoms with Gasteiger partial charge in [0.25, 0.3) is 0 Å². The molecule has 0 bridgehead atoms. The standard InChI is InChI=1S/C21H33ClN4O2/c1-21(2,3)24-20(28)16-26-11-5-10-25(12-13-26)15-19(27)23-9-8-17-6-4-7-18(22)14-17/h4,6-7,14H,5,8-13,15-16H2,1-3H3,(H,23,27)(H,24,28). The Labute approximate surface area is 173 Å². The molecule has 1 saturated heterocycles. The van der Waals surface area contributed by atoms with E-state index in [-0.39, 0.29) is 17.4 Å². The molecule has 28 heavy (non-hydrogen) atoms. The van der Waals surface area contributed by atoms with Crippen molar-refractivity contribution in [3.63, 3.8) is 0 Å². The normalized spacial score (nSPS) is 16.4. The molecule has 1 aliphatic rings. The van der Waals surface area contributed by atoms with Gasteiger partial charge < -0.3 is 10.6 Å². The molecule has 2 amide bonds. The second kappa shape index (κ2) is 10.8. The van der Waals surface area contributed by atoms with Crippen LogP contribution in [0.5, 0.6) is 0 Å². The van der Waals surface area contributed by atoms with Crippen LogP contribution in [0, 0.1) is 0 Å². The number of carbonyl (C=O) groups excluding carboxylic acids is 2. The minimum Gasteiger partial charge on any atom is -0.355 e. The summed E-state index contributed by atoms with van der Waals surface area (Å²) in [5.74, 6) is 0.0978. The summed E-state index contributed by atoms with van der Waals surface area (Å²) in [6.45, 7) is 10.7. The molecular formula is C21H33ClN4O2. The van der Waals surface area contributed by atoms with Gasteiger partial charge in [0.05, 0.1) is 13.1 Å². The molecule has 156 valence electrons. The van der Waals surface area contributed by atoms with Crippen molar-refractivity contribution in [2.75, 3.05) is 45.8 Å². The minimum atomic E-state index is -0.210. The highest BCUT2D eigenvalue weighted by molar-refractivity contribution is 6.30. The molecule has 1 fully saturated rings. The first-order valence-corrected chi connectivity index (χ1v) is 10.4. The van der Waals surface area contributed by atoms with Gasteiger partial charge in [0.15, 0.2) is 0 Å². The summed E-state index contributed by atoms with van der Waals surface area (Å²) >= 11 is 5.98. The minimum absolute atomic E-state index is 0.0425. The van der Waals surface area contributed by atoms with Crippen LogP contribution in [-0.2, 0) is 16.0 Å². The number of hydrogen-bond donors (Lipinski definition) is 2. The molecule has 2 N–H and O–H groups in total. The Morgan fingerprint density at radius 3 is 2.29 bits per heavy atom. The van der Waals surface area contributed by atoms with Crippen LogP contribution in [0.15, 0.2) is 24.3 Å². The second-order valence-electron chi connectivity index (χ2n) is 8.43. The Kier molecular flexibility index (Phi) is 8.73. The maximum atomic E-state index is 12.2. The Balaban J connectivity index is 1.67. The first-order valence-electron chi connectivity index (χ1n) is 9.98. The van der Waals surface area contributed by atoms with Crippen LogP contribution in [0.3, 0.4) is 0 Å². The SMILES string of the molecule is CC(C)(C)NC(=O)CN1CCCN(CC(=O)NCCc2cccc(Cl)c2)CC1. The van der Waals surface area contributed by atoms with Gasteiger partial charge >= 0.3 is 0 Å². The van der Waals surface area contributed by atoms with E-state index in [4.69, 9.17) is 11.6 Å². The number of amides is 2. The number of nitrogens with one attached hydrogen (secondary N) is 2. The lowest BCUT2D eigenvalue weighted by molar-refractivity contribution is -0.124. The largest absolute Gasteiger partial charge is 0.355 e. The average Bonchev–Trinajstić information content (AvgIpc) is 2.78. The average molecular weight is 409 g/mol. The van der Waals surface area contributed by atoms with E-state index in [1.54, 1.807) is 0 Å². The van der Waals surface area contributed by atoms with Gasteiger partial charge in [0.2, 0.25) is 11.8 Å². The number of nitrogens with zero attached hydrogens (tertiary/aromatic N) is 2. The lowest BCUT2D eigenvalue weighted by Gasteiger charge is -2.25. The summed E-state index contributed by atoms with van der Waals surface area (Å²) in [5.41, 5.74) is 0.907. The fraction of sp³-hybridized carbons (Fsp3) is 0.619. The van der Waals surface area contributed by atoms with Crippen molar-refractivity contribution < 1.29 is 9.59 Å². The Morgan fingerprint density at radius 2 is 1.68 bits per heavy atom. The molecule has 7 heteroatoms. The van der Waals surface area contributed by atoms with Crippen LogP contribution in [0.2, 0.25) is 5.02 Å². The van der Waals surface area contributed by atoms with E-state index in [0.717, 1.165) is 44.6 Å². The maximum Gasteiger partial charge on any atom is 0.234 e. The van der Waals surface area contributed by atoms with Crippen molar-refractivity contribution in [1.29, 1.82) is 0 Å². The van der Waals surface area contributed by atoms with Crippen molar-refractivity contribution in [1.82, 2.24) is 20.4 Å². The van der Waals surface area contributed by atoms with Gasteiger partial charge in [-0.1, -0.05) is 23.7 Å². The summed E-state index contributed by atoms with van der Waals surface area (Å²) in [4.78, 5) is 28.7. The molecule has 0 atom stereocenters. The summed E-state index contributed by atoms with van der Waals surface area (Å²) < 4.78 is 0. The quantitative estimate of drug-likeness (QED) is 0.723. The zero-order valence-electron chi connectivity index (χ0n) is 17.3. The topological polar surface area (TPSA) is 64.7 Å². The molecule has 1 aromatic carbocycles. The molecule has 2 rings (SSSR count). The van der Waals surface area contributed by atoms with E-state index in [9.17, 15) is 9.59 Å². The van der Waals surface area contributed by atoms with Gasteiger partial charge in [-0.15, -0.1) is 0 Å². The molecule has 0 saturated carbocycles. The Morgan fingerprint density at radius 1 is 1.04 bits per heavy atom. The van der Waals surface area contributed by atoms with Crippen LogP contribution in [-0.4, -0.2) is 73.0 Å². The predicted octanol–water partition coefficient (Wildman–Crippen LogP) is 1.92. The number of carbonyl (C=O) groups is 2. The maximum absolute atomic E-state index is 12.2. The first-order chi connectivity index (χ1) is 13.2. The number of benzene rings is 1. The van der Waals surface area contributed by atoms with Gasteiger partial charge in [-0.2, -0.15) is 0 Å². The number of halogens is 1. The van der Waals surface area contributed by atoms with Gasteiger partial charge in [0.1, 0.15) is 0 Å². The van der Waals surface area contributed by atoms with Crippen molar-refractivity contribution in [3.8, 4) is 0 Å². The van der Waals surface area contributed by atoms with Gasteiger partial charge in [-0.3, -0.25) is 19.4 Å². The molecule has 0 spiro atoms. The zero-order chi connectivity index (χ0) is 20.6. The highest BCUT2D eigenvalue weighted by atomic mass is 35.5. The molecule has 6 nitrogen and oxygen atoms in total. The van der Waals surface area contributed by atoms with E-state index < -0.39 is 0 Å². The molecular weight excluding hydrogens is 376 g/mol. The summed E-state index contributed by atoms with van der Waals surface area (Å²) in [5, 5.41) is 6.71. The highest BCUT2D eigenvalue weighted by Crippen LogP contribution is 2.10. The van der Waals surface area contributed by atoms with E-state index in [2.05, 4.69) is 20.4 Å². The van der Waals surface area contributed by atoms with Crippen molar-refractivity contribution in [2.45, 2.75) is 39.2 Å². The molecule has 1 heterocycles. The third kappa shape index (κ3) is 9.04. The fourth-order valence-corrected chi connectivity index (χ4v) is 3.51. The lowest BCUT2D eigenvalue weighted by Crippen LogP contribution is -2.46. The van der Waals surface area contributed by atoms with Crippen LogP contribution in [0.25, 0.3) is 0 Å². The zero-order valence-corrected chi connectivity index (χ0v) is 18.0. The third-order valence-corrected chi connectivity index (χ3v) is 4.79. The van der Waals surface area contributed by atoms with Gasteiger partial charge in [-0.25, -0.2) is 0 Å². The smallest absolute Gasteiger partial charge is 0.234 e. The molecule has 1 aliphatic heterocycles. The molecule has 1 aromatic rings. The predicted molar refractivity (Wildman–Crippen MR) is 114 cm³/mol. The third-order valence-electron chi connectivity index (χ3n) is 4.55. The molecule has 0 radical (unpaired) electrons. The monoisotopic (exact) mass is 408 g/mol. The first kappa shape index (κ1) is 22.7. The second-order valence-corrected chi connectivity index (χ2v) is 8.87. The van der Waals surface area contributed by atoms with Gasteiger partial charge in [-0.05, 0) is 64.4 Å². The van der Waals surface area contributed by atoms with E-state index in [1.807, 2.05) is 45.0 Å². The van der Waals surface area contributed by atoms with Crippen molar-refractivity contribution in [3.05, 3.63) is 34.9 Å². The van der Waals surface area contributed by atoms with Crippen LogP contribution in [0.1, 0.15) is 32.8 Å². The molecule has 0 aromatic heterocycles. The van der Waals surface area contributed by atoms with Crippen molar-refractivity contribution in [2.24, 2.45) is 0 Å². The van der Waals surface area contributed by atoms with Gasteiger partial charge in [0, 0.05) is 30.2 Å².